The molecule has 0 unspecified atom stereocenters. The van der Waals surface area contributed by atoms with Crippen molar-refractivity contribution >= 4 is 57.5 Å². The van der Waals surface area contributed by atoms with Crippen LogP contribution in [0, 0.1) is 3.57 Å². The highest BCUT2D eigenvalue weighted by molar-refractivity contribution is 14.1. The van der Waals surface area contributed by atoms with Gasteiger partial charge in [-0.3, -0.25) is 9.69 Å². The zero-order valence-electron chi connectivity index (χ0n) is 20.1. The number of hydrogen-bond donors (Lipinski definition) is 1. The molecule has 3 aromatic rings. The fourth-order valence-corrected chi connectivity index (χ4v) is 6.74. The molecule has 0 aliphatic carbocycles. The van der Waals surface area contributed by atoms with Gasteiger partial charge in [0.2, 0.25) is 0 Å². The molecule has 2 aliphatic rings. The summed E-state index contributed by atoms with van der Waals surface area (Å²) >= 11 is 14.9. The molecule has 7 nitrogen and oxygen atoms in total. The van der Waals surface area contributed by atoms with Crippen LogP contribution in [-0.4, -0.2) is 75.5 Å². The molecule has 2 aliphatic heterocycles. The van der Waals surface area contributed by atoms with Crippen molar-refractivity contribution in [2.75, 3.05) is 37.6 Å². The van der Waals surface area contributed by atoms with E-state index < -0.39 is 0 Å². The zero-order valence-corrected chi connectivity index (χ0v) is 23.8. The molecule has 4 heterocycles. The highest BCUT2D eigenvalue weighted by Crippen LogP contribution is 2.31. The molecule has 36 heavy (non-hydrogen) atoms. The Morgan fingerprint density at radius 2 is 1.94 bits per heavy atom. The van der Waals surface area contributed by atoms with Crippen LogP contribution in [-0.2, 0) is 0 Å². The third-order valence-electron chi connectivity index (χ3n) is 7.27. The van der Waals surface area contributed by atoms with Crippen molar-refractivity contribution in [2.24, 2.45) is 0 Å². The van der Waals surface area contributed by atoms with E-state index >= 15 is 0 Å². The van der Waals surface area contributed by atoms with Crippen molar-refractivity contribution in [3.05, 3.63) is 62.0 Å². The van der Waals surface area contributed by atoms with Gasteiger partial charge in [0.15, 0.2) is 0 Å². The Labute approximate surface area is 235 Å². The maximum absolute atomic E-state index is 13.1. The lowest BCUT2D eigenvalue weighted by atomic mass is 9.97. The average molecular weight is 639 g/mol. The van der Waals surface area contributed by atoms with Gasteiger partial charge >= 0.3 is 0 Å². The van der Waals surface area contributed by atoms with Crippen LogP contribution >= 0.6 is 45.8 Å². The van der Waals surface area contributed by atoms with Gasteiger partial charge in [0.25, 0.3) is 5.91 Å². The number of piperidine rings is 1. The maximum atomic E-state index is 13.1. The Kier molecular flexibility index (Phi) is 8.05. The van der Waals surface area contributed by atoms with E-state index in [-0.39, 0.29) is 5.91 Å². The number of amides is 1. The molecule has 0 spiro atoms. The van der Waals surface area contributed by atoms with Crippen LogP contribution in [0.1, 0.15) is 36.5 Å². The molecule has 1 aromatic carbocycles. The number of aromatic nitrogens is 3. The average Bonchev–Trinajstić information content (AvgIpc) is 3.43. The minimum atomic E-state index is 0.102. The highest BCUT2D eigenvalue weighted by atomic mass is 127. The molecule has 1 atom stereocenters. The minimum absolute atomic E-state index is 0.102. The van der Waals surface area contributed by atoms with Crippen molar-refractivity contribution in [3.8, 4) is 11.4 Å². The molecule has 0 bridgehead atoms. The topological polar surface area (TPSA) is 68.4 Å². The van der Waals surface area contributed by atoms with E-state index in [1.54, 1.807) is 18.5 Å². The van der Waals surface area contributed by atoms with E-state index in [1.165, 1.54) is 0 Å². The lowest BCUT2D eigenvalue weighted by Crippen LogP contribution is -2.58. The highest BCUT2D eigenvalue weighted by Gasteiger charge is 2.35. The smallest absolute Gasteiger partial charge is 0.254 e. The Bertz CT molecular complexity index is 1220. The lowest BCUT2D eigenvalue weighted by molar-refractivity contribution is 0.0490. The number of likely N-dealkylation sites (tertiary alicyclic amines) is 1. The summed E-state index contributed by atoms with van der Waals surface area (Å²) in [6, 6.07) is 8.32. The molecule has 10 heteroatoms. The molecule has 1 amide bonds. The molecule has 190 valence electrons. The fourth-order valence-electron chi connectivity index (χ4n) is 5.36. The largest absolute Gasteiger partial charge is 0.353 e. The Morgan fingerprint density at radius 1 is 1.14 bits per heavy atom. The predicted molar refractivity (Wildman–Crippen MR) is 153 cm³/mol. The van der Waals surface area contributed by atoms with Gasteiger partial charge in [-0.25, -0.2) is 9.97 Å². The number of pyridine rings is 1. The number of benzene rings is 1. The normalized spacial score (nSPS) is 19.6. The van der Waals surface area contributed by atoms with Gasteiger partial charge in [0, 0.05) is 77.6 Å². The Morgan fingerprint density at radius 3 is 2.61 bits per heavy atom. The molecular weight excluding hydrogens is 610 g/mol. The van der Waals surface area contributed by atoms with Crippen LogP contribution in [0.5, 0.6) is 0 Å². The standard InChI is InChI=1S/C26H29Cl2IN6O/c1-2-19-16-34(25-22(28)13-17(15-32-25)24-30-7-8-31-24)11-12-35(19)20-5-9-33(10-6-20)26(36)21-4-3-18(27)14-23(21)29/h3-4,7-8,13-15,19-20H,2,5-6,9-12,16H2,1H3,(H,30,31)/t19-/m0/s1. The van der Waals surface area contributed by atoms with Gasteiger partial charge in [0.1, 0.15) is 11.6 Å². The van der Waals surface area contributed by atoms with Crippen LogP contribution < -0.4 is 4.90 Å². The monoisotopic (exact) mass is 638 g/mol. The molecule has 0 radical (unpaired) electrons. The second-order valence-corrected chi connectivity index (χ2v) is 11.4. The number of halogens is 3. The van der Waals surface area contributed by atoms with Gasteiger partial charge < -0.3 is 14.8 Å². The first kappa shape index (κ1) is 25.8. The minimum Gasteiger partial charge on any atom is -0.353 e. The molecular formula is C26H29Cl2IN6O. The van der Waals surface area contributed by atoms with Crippen molar-refractivity contribution in [3.63, 3.8) is 0 Å². The molecule has 2 saturated heterocycles. The number of piperazine rings is 1. The summed E-state index contributed by atoms with van der Waals surface area (Å²) in [5.41, 5.74) is 1.62. The van der Waals surface area contributed by atoms with Crippen molar-refractivity contribution in [1.29, 1.82) is 0 Å². The third-order valence-corrected chi connectivity index (χ3v) is 8.68. The van der Waals surface area contributed by atoms with Gasteiger partial charge in [0.05, 0.1) is 10.6 Å². The molecule has 2 fully saturated rings. The number of imidazole rings is 1. The van der Waals surface area contributed by atoms with Gasteiger partial charge in [-0.15, -0.1) is 0 Å². The second kappa shape index (κ2) is 11.2. The number of hydrogen-bond acceptors (Lipinski definition) is 5. The predicted octanol–water partition coefficient (Wildman–Crippen LogP) is 5.59. The van der Waals surface area contributed by atoms with Gasteiger partial charge in [-0.05, 0) is 66.1 Å². The van der Waals surface area contributed by atoms with Crippen LogP contribution in [0.25, 0.3) is 11.4 Å². The number of carbonyl (C=O) groups is 1. The summed E-state index contributed by atoms with van der Waals surface area (Å²) in [5, 5.41) is 1.31. The SMILES string of the molecule is CC[C@H]1CN(c2ncc(-c3ncc[nH]3)cc2Cl)CCN1C1CCN(C(=O)c2ccc(Cl)cc2I)CC1. The van der Waals surface area contributed by atoms with E-state index in [4.69, 9.17) is 28.2 Å². The Balaban J connectivity index is 1.21. The molecule has 1 N–H and O–H groups in total. The summed E-state index contributed by atoms with van der Waals surface area (Å²) in [5.74, 6) is 1.70. The first-order valence-corrected chi connectivity index (χ1v) is 14.2. The summed E-state index contributed by atoms with van der Waals surface area (Å²) in [6.07, 6.45) is 8.39. The number of rotatable bonds is 5. The quantitative estimate of drug-likeness (QED) is 0.369. The number of H-pyrrole nitrogens is 1. The first-order chi connectivity index (χ1) is 17.4. The van der Waals surface area contributed by atoms with E-state index in [9.17, 15) is 4.79 Å². The second-order valence-electron chi connectivity index (χ2n) is 9.36. The summed E-state index contributed by atoms with van der Waals surface area (Å²) in [4.78, 5) is 32.1. The van der Waals surface area contributed by atoms with Crippen LogP contribution in [0.2, 0.25) is 10.0 Å². The van der Waals surface area contributed by atoms with E-state index in [2.05, 4.69) is 49.3 Å². The number of carbonyl (C=O) groups excluding carboxylic acids is 1. The lowest BCUT2D eigenvalue weighted by Gasteiger charge is -2.47. The van der Waals surface area contributed by atoms with E-state index in [0.717, 1.165) is 78.3 Å². The summed E-state index contributed by atoms with van der Waals surface area (Å²) < 4.78 is 0.902. The van der Waals surface area contributed by atoms with Crippen molar-refractivity contribution < 1.29 is 4.79 Å². The number of nitrogens with zero attached hydrogens (tertiary/aromatic N) is 5. The van der Waals surface area contributed by atoms with Crippen LogP contribution in [0.4, 0.5) is 5.82 Å². The molecule has 0 saturated carbocycles. The van der Waals surface area contributed by atoms with Crippen molar-refractivity contribution in [1.82, 2.24) is 24.8 Å². The van der Waals surface area contributed by atoms with Gasteiger partial charge in [-0.2, -0.15) is 0 Å². The Hall–Kier alpha value is -1.88. The first-order valence-electron chi connectivity index (χ1n) is 12.3. The maximum Gasteiger partial charge on any atom is 0.254 e. The molecule has 2 aromatic heterocycles. The van der Waals surface area contributed by atoms with E-state index in [1.807, 2.05) is 29.3 Å². The fraction of sp³-hybridized carbons (Fsp3) is 0.423. The van der Waals surface area contributed by atoms with Crippen LogP contribution in [0.15, 0.2) is 42.9 Å². The van der Waals surface area contributed by atoms with Crippen LogP contribution in [0.3, 0.4) is 0 Å². The summed E-state index contributed by atoms with van der Waals surface area (Å²) in [7, 11) is 0. The third kappa shape index (κ3) is 5.37. The van der Waals surface area contributed by atoms with Gasteiger partial charge in [-0.1, -0.05) is 30.1 Å². The van der Waals surface area contributed by atoms with Crippen molar-refractivity contribution in [2.45, 2.75) is 38.3 Å². The molecule has 5 rings (SSSR count). The van der Waals surface area contributed by atoms with E-state index in [0.29, 0.717) is 22.1 Å². The number of aromatic amines is 1. The zero-order chi connectivity index (χ0) is 25.2. The summed E-state index contributed by atoms with van der Waals surface area (Å²) in [6.45, 7) is 6.54. The number of anilines is 1. The number of nitrogens with one attached hydrogen (secondary N) is 1.